The first-order valence-corrected chi connectivity index (χ1v) is 8.00. The van der Waals surface area contributed by atoms with Crippen LogP contribution in [0.2, 0.25) is 0 Å². The summed E-state index contributed by atoms with van der Waals surface area (Å²) in [6.45, 7) is 1.19. The summed E-state index contributed by atoms with van der Waals surface area (Å²) in [5, 5.41) is 3.58. The maximum Gasteiger partial charge on any atom is 0.254 e. The largest absolute Gasteiger partial charge is 0.454 e. The van der Waals surface area contributed by atoms with Crippen molar-refractivity contribution < 1.29 is 14.3 Å². The molecular formula is C16H11BrN4O3. The second kappa shape index (κ2) is 5.74. The molecule has 0 unspecified atom stereocenters. The Morgan fingerprint density at radius 2 is 2.08 bits per heavy atom. The van der Waals surface area contributed by atoms with Crippen LogP contribution in [0.5, 0.6) is 11.5 Å². The molecule has 4 rings (SSSR count). The van der Waals surface area contributed by atoms with Crippen LogP contribution >= 0.6 is 15.9 Å². The van der Waals surface area contributed by atoms with Crippen molar-refractivity contribution >= 4 is 27.5 Å². The van der Waals surface area contributed by atoms with Gasteiger partial charge in [0.1, 0.15) is 0 Å². The van der Waals surface area contributed by atoms with Crippen molar-refractivity contribution in [1.82, 2.24) is 4.90 Å². The van der Waals surface area contributed by atoms with E-state index in [9.17, 15) is 4.79 Å². The highest BCUT2D eigenvalue weighted by Crippen LogP contribution is 2.36. The summed E-state index contributed by atoms with van der Waals surface area (Å²) in [6, 6.07) is 9.00. The first-order valence-electron chi connectivity index (χ1n) is 7.21. The summed E-state index contributed by atoms with van der Waals surface area (Å²) >= 11 is 3.45. The minimum absolute atomic E-state index is 0.0849. The van der Waals surface area contributed by atoms with Crippen LogP contribution in [-0.2, 0) is 13.1 Å². The fraction of sp³-hybridized carbons (Fsp3) is 0.188. The number of rotatable bonds is 3. The lowest BCUT2D eigenvalue weighted by Crippen LogP contribution is -2.23. The van der Waals surface area contributed by atoms with Crippen molar-refractivity contribution in [2.45, 2.75) is 13.1 Å². The van der Waals surface area contributed by atoms with Gasteiger partial charge >= 0.3 is 0 Å². The van der Waals surface area contributed by atoms with Gasteiger partial charge in [-0.3, -0.25) is 4.79 Å². The Hall–Kier alpha value is -2.70. The molecule has 2 aliphatic rings. The molecular weight excluding hydrogens is 376 g/mol. The molecule has 0 radical (unpaired) electrons. The third-order valence-corrected chi connectivity index (χ3v) is 4.72. The Kier molecular flexibility index (Phi) is 3.55. The standard InChI is InChI=1S/C16H11BrN4O3/c17-13-5-10(19-20-18)4-11-12(13)7-21(16(11)22)6-9-1-2-14-15(3-9)24-8-23-14/h1-5H,6-8H2. The predicted octanol–water partition coefficient (Wildman–Crippen LogP) is 4.28. The summed E-state index contributed by atoms with van der Waals surface area (Å²) in [5.41, 5.74) is 11.4. The van der Waals surface area contributed by atoms with E-state index in [0.29, 0.717) is 30.1 Å². The van der Waals surface area contributed by atoms with Gasteiger partial charge in [0.2, 0.25) is 6.79 Å². The summed E-state index contributed by atoms with van der Waals surface area (Å²) in [7, 11) is 0. The maximum atomic E-state index is 12.7. The van der Waals surface area contributed by atoms with Crippen LogP contribution in [-0.4, -0.2) is 17.6 Å². The Morgan fingerprint density at radius 1 is 1.25 bits per heavy atom. The molecule has 2 aromatic rings. The Bertz CT molecular complexity index is 908. The third-order valence-electron chi connectivity index (χ3n) is 4.02. The molecule has 120 valence electrons. The fourth-order valence-electron chi connectivity index (χ4n) is 2.90. The molecule has 8 heteroatoms. The topological polar surface area (TPSA) is 87.5 Å². The number of hydrogen-bond donors (Lipinski definition) is 0. The maximum absolute atomic E-state index is 12.7. The summed E-state index contributed by atoms with van der Waals surface area (Å²) in [4.78, 5) is 17.2. The number of halogens is 1. The molecule has 2 heterocycles. The van der Waals surface area contributed by atoms with Crippen LogP contribution in [0.25, 0.3) is 10.4 Å². The highest BCUT2D eigenvalue weighted by Gasteiger charge is 2.29. The number of nitrogens with zero attached hydrogens (tertiary/aromatic N) is 4. The molecule has 0 bridgehead atoms. The van der Waals surface area contributed by atoms with Crippen molar-refractivity contribution in [3.05, 3.63) is 61.9 Å². The van der Waals surface area contributed by atoms with Gasteiger partial charge in [-0.05, 0) is 40.9 Å². The predicted molar refractivity (Wildman–Crippen MR) is 89.1 cm³/mol. The van der Waals surface area contributed by atoms with Gasteiger partial charge < -0.3 is 14.4 Å². The van der Waals surface area contributed by atoms with Gasteiger partial charge in [-0.1, -0.05) is 27.1 Å². The summed E-state index contributed by atoms with van der Waals surface area (Å²) in [6.07, 6.45) is 0. The summed E-state index contributed by atoms with van der Waals surface area (Å²) < 4.78 is 11.4. The van der Waals surface area contributed by atoms with Crippen molar-refractivity contribution in [2.24, 2.45) is 5.11 Å². The van der Waals surface area contributed by atoms with Crippen molar-refractivity contribution in [3.8, 4) is 11.5 Å². The molecule has 0 saturated carbocycles. The molecule has 7 nitrogen and oxygen atoms in total. The molecule has 0 aromatic heterocycles. The molecule has 24 heavy (non-hydrogen) atoms. The van der Waals surface area contributed by atoms with Crippen LogP contribution in [0.1, 0.15) is 21.5 Å². The van der Waals surface area contributed by atoms with E-state index in [2.05, 4.69) is 26.0 Å². The fourth-order valence-corrected chi connectivity index (χ4v) is 3.48. The van der Waals surface area contributed by atoms with Gasteiger partial charge in [0.15, 0.2) is 11.5 Å². The van der Waals surface area contributed by atoms with Crippen LogP contribution < -0.4 is 9.47 Å². The van der Waals surface area contributed by atoms with E-state index in [1.54, 1.807) is 17.0 Å². The number of fused-ring (bicyclic) bond motifs is 2. The highest BCUT2D eigenvalue weighted by molar-refractivity contribution is 9.10. The number of carbonyl (C=O) groups excluding carboxylic acids is 1. The third kappa shape index (κ3) is 2.46. The Morgan fingerprint density at radius 3 is 2.92 bits per heavy atom. The van der Waals surface area contributed by atoms with E-state index in [1.807, 2.05) is 18.2 Å². The number of benzene rings is 2. The zero-order chi connectivity index (χ0) is 16.7. The molecule has 1 amide bonds. The monoisotopic (exact) mass is 386 g/mol. The molecule has 2 aliphatic heterocycles. The Balaban J connectivity index is 1.61. The van der Waals surface area contributed by atoms with Crippen molar-refractivity contribution in [1.29, 1.82) is 0 Å². The zero-order valence-corrected chi connectivity index (χ0v) is 14.0. The highest BCUT2D eigenvalue weighted by atomic mass is 79.9. The first-order chi connectivity index (χ1) is 11.7. The average molecular weight is 387 g/mol. The zero-order valence-electron chi connectivity index (χ0n) is 12.4. The van der Waals surface area contributed by atoms with Crippen molar-refractivity contribution in [2.75, 3.05) is 6.79 Å². The van der Waals surface area contributed by atoms with Gasteiger partial charge in [0, 0.05) is 33.7 Å². The normalized spacial score (nSPS) is 14.5. The minimum atomic E-state index is -0.0849. The first kappa shape index (κ1) is 14.9. The van der Waals surface area contributed by atoms with E-state index in [4.69, 9.17) is 15.0 Å². The lowest BCUT2D eigenvalue weighted by Gasteiger charge is -2.16. The molecule has 0 fully saturated rings. The second-order valence-electron chi connectivity index (χ2n) is 5.49. The van der Waals surface area contributed by atoms with E-state index in [-0.39, 0.29) is 12.7 Å². The molecule has 0 spiro atoms. The second-order valence-corrected chi connectivity index (χ2v) is 6.35. The van der Waals surface area contributed by atoms with Crippen LogP contribution in [0.3, 0.4) is 0 Å². The molecule has 0 aliphatic carbocycles. The van der Waals surface area contributed by atoms with Crippen LogP contribution in [0, 0.1) is 0 Å². The SMILES string of the molecule is [N-]=[N+]=Nc1cc(Br)c2c(c1)C(=O)N(Cc1ccc3c(c1)OCO3)C2. The van der Waals surface area contributed by atoms with Gasteiger partial charge in [-0.2, -0.15) is 0 Å². The van der Waals surface area contributed by atoms with Gasteiger partial charge in [0.05, 0.1) is 0 Å². The van der Waals surface area contributed by atoms with E-state index < -0.39 is 0 Å². The number of azide groups is 1. The number of hydrogen-bond acceptors (Lipinski definition) is 4. The van der Waals surface area contributed by atoms with E-state index in [1.165, 1.54) is 0 Å². The average Bonchev–Trinajstić information content (AvgIpc) is 3.14. The number of ether oxygens (including phenoxy) is 2. The molecule has 0 saturated heterocycles. The van der Waals surface area contributed by atoms with Gasteiger partial charge in [-0.25, -0.2) is 0 Å². The number of amides is 1. The Labute approximate surface area is 145 Å². The van der Waals surface area contributed by atoms with E-state index in [0.717, 1.165) is 21.3 Å². The van der Waals surface area contributed by atoms with Gasteiger partial charge in [0.25, 0.3) is 5.91 Å². The summed E-state index contributed by atoms with van der Waals surface area (Å²) in [5.74, 6) is 1.33. The number of carbonyl (C=O) groups is 1. The van der Waals surface area contributed by atoms with Crippen LogP contribution in [0.4, 0.5) is 5.69 Å². The molecule has 2 aromatic carbocycles. The molecule has 0 N–H and O–H groups in total. The molecule has 0 atom stereocenters. The van der Waals surface area contributed by atoms with Crippen LogP contribution in [0.15, 0.2) is 39.9 Å². The minimum Gasteiger partial charge on any atom is -0.454 e. The van der Waals surface area contributed by atoms with Crippen molar-refractivity contribution in [3.63, 3.8) is 0 Å². The van der Waals surface area contributed by atoms with E-state index >= 15 is 0 Å². The lowest BCUT2D eigenvalue weighted by atomic mass is 10.1. The van der Waals surface area contributed by atoms with Gasteiger partial charge in [-0.15, -0.1) is 0 Å². The lowest BCUT2D eigenvalue weighted by molar-refractivity contribution is 0.0766. The quantitative estimate of drug-likeness (QED) is 0.448. The smallest absolute Gasteiger partial charge is 0.254 e.